The quantitative estimate of drug-likeness (QED) is 0.455. The fourth-order valence-electron chi connectivity index (χ4n) is 0.975. The van der Waals surface area contributed by atoms with E-state index in [9.17, 15) is 16.8 Å². The van der Waals surface area contributed by atoms with E-state index in [2.05, 4.69) is 16.9 Å². The smallest absolute Gasteiger partial charge is 0.226 e. The first-order valence-corrected chi connectivity index (χ1v) is 8.68. The maximum atomic E-state index is 11.2. The molecule has 0 saturated carbocycles. The molecule has 0 unspecified atom stereocenters. The van der Waals surface area contributed by atoms with Gasteiger partial charge in [-0.3, -0.25) is 0 Å². The van der Waals surface area contributed by atoms with Crippen molar-refractivity contribution in [3.8, 4) is 0 Å². The standard InChI is InChI=1S/C7H16N2O4S3/c1-15(10,11)6-16(12,13)9-5-3-2-4-7(8)14/h9H,2-6H2,1H3,(H2,8,14). The van der Waals surface area contributed by atoms with Gasteiger partial charge in [0.1, 0.15) is 0 Å². The topological polar surface area (TPSA) is 106 Å². The molecule has 0 bridgehead atoms. The third-order valence-electron chi connectivity index (χ3n) is 1.54. The van der Waals surface area contributed by atoms with Gasteiger partial charge in [0.25, 0.3) is 0 Å². The number of unbranched alkanes of at least 4 members (excludes halogenated alkanes) is 1. The molecule has 0 radical (unpaired) electrons. The molecule has 0 aliphatic heterocycles. The predicted molar refractivity (Wildman–Crippen MR) is 67.3 cm³/mol. The molecule has 0 aromatic carbocycles. The van der Waals surface area contributed by atoms with Crippen LogP contribution in [0.1, 0.15) is 19.3 Å². The molecule has 3 N–H and O–H groups in total. The highest BCUT2D eigenvalue weighted by Crippen LogP contribution is 1.96. The van der Waals surface area contributed by atoms with Gasteiger partial charge in [-0.2, -0.15) is 0 Å². The average molecular weight is 288 g/mol. The van der Waals surface area contributed by atoms with Crippen molar-refractivity contribution in [1.29, 1.82) is 0 Å². The van der Waals surface area contributed by atoms with Gasteiger partial charge < -0.3 is 5.73 Å². The van der Waals surface area contributed by atoms with Crippen molar-refractivity contribution in [1.82, 2.24) is 4.72 Å². The van der Waals surface area contributed by atoms with E-state index in [0.29, 0.717) is 24.3 Å². The molecule has 0 fully saturated rings. The Kier molecular flexibility index (Phi) is 6.38. The van der Waals surface area contributed by atoms with Crippen molar-refractivity contribution in [2.24, 2.45) is 5.73 Å². The monoisotopic (exact) mass is 288 g/mol. The van der Waals surface area contributed by atoms with E-state index < -0.39 is 24.9 Å². The second-order valence-corrected chi connectivity index (χ2v) is 8.31. The van der Waals surface area contributed by atoms with E-state index in [1.54, 1.807) is 0 Å². The van der Waals surface area contributed by atoms with E-state index in [4.69, 9.17) is 5.73 Å². The maximum Gasteiger partial charge on any atom is 0.226 e. The summed E-state index contributed by atoms with van der Waals surface area (Å²) in [4.78, 5) is 0.388. The fraction of sp³-hybridized carbons (Fsp3) is 0.857. The lowest BCUT2D eigenvalue weighted by molar-refractivity contribution is 0.577. The zero-order valence-corrected chi connectivity index (χ0v) is 11.4. The Balaban J connectivity index is 3.89. The normalized spacial score (nSPS) is 12.6. The van der Waals surface area contributed by atoms with E-state index >= 15 is 0 Å². The van der Waals surface area contributed by atoms with Crippen LogP contribution in [-0.4, -0.2) is 39.7 Å². The molecule has 0 aromatic rings. The second kappa shape index (κ2) is 6.48. The molecule has 16 heavy (non-hydrogen) atoms. The van der Waals surface area contributed by atoms with E-state index in [-0.39, 0.29) is 6.54 Å². The minimum atomic E-state index is -3.74. The van der Waals surface area contributed by atoms with Gasteiger partial charge in [0.15, 0.2) is 14.9 Å². The van der Waals surface area contributed by atoms with Crippen LogP contribution in [-0.2, 0) is 19.9 Å². The first-order valence-electron chi connectivity index (χ1n) is 4.56. The van der Waals surface area contributed by atoms with Crippen LogP contribution in [0.25, 0.3) is 0 Å². The largest absolute Gasteiger partial charge is 0.393 e. The highest BCUT2D eigenvalue weighted by atomic mass is 32.3. The first-order chi connectivity index (χ1) is 7.12. The first kappa shape index (κ1) is 15.8. The van der Waals surface area contributed by atoms with E-state index in [1.807, 2.05) is 0 Å². The summed E-state index contributed by atoms with van der Waals surface area (Å²) < 4.78 is 46.1. The predicted octanol–water partition coefficient (Wildman–Crippen LogP) is -0.636. The molecule has 0 aliphatic carbocycles. The average Bonchev–Trinajstić information content (AvgIpc) is 1.97. The summed E-state index contributed by atoms with van der Waals surface area (Å²) in [6, 6.07) is 0. The van der Waals surface area contributed by atoms with Gasteiger partial charge >= 0.3 is 0 Å². The molecule has 96 valence electrons. The van der Waals surface area contributed by atoms with Crippen LogP contribution in [0.4, 0.5) is 0 Å². The summed E-state index contributed by atoms with van der Waals surface area (Å²) in [5, 5.41) is -0.880. The summed E-state index contributed by atoms with van der Waals surface area (Å²) in [5.41, 5.74) is 5.26. The Labute approximate surface area is 102 Å². The fourth-order valence-corrected chi connectivity index (χ4v) is 4.16. The molecule has 0 aliphatic rings. The van der Waals surface area contributed by atoms with Crippen molar-refractivity contribution in [3.05, 3.63) is 0 Å². The minimum absolute atomic E-state index is 0.195. The molecule has 0 spiro atoms. The zero-order chi connectivity index (χ0) is 12.8. The Morgan fingerprint density at radius 2 is 1.81 bits per heavy atom. The van der Waals surface area contributed by atoms with Gasteiger partial charge in [-0.05, 0) is 19.3 Å². The zero-order valence-electron chi connectivity index (χ0n) is 8.97. The summed E-state index contributed by atoms with van der Waals surface area (Å²) in [5.74, 6) is 0. The van der Waals surface area contributed by atoms with Crippen molar-refractivity contribution < 1.29 is 16.8 Å². The summed E-state index contributed by atoms with van der Waals surface area (Å²) in [6.07, 6.45) is 2.68. The Bertz CT molecular complexity index is 427. The van der Waals surface area contributed by atoms with Gasteiger partial charge in [-0.1, -0.05) is 12.2 Å². The Morgan fingerprint density at radius 3 is 2.25 bits per heavy atom. The molecule has 0 aromatic heterocycles. The van der Waals surface area contributed by atoms with Crippen molar-refractivity contribution in [2.75, 3.05) is 17.9 Å². The number of sulfonamides is 1. The van der Waals surface area contributed by atoms with Crippen molar-refractivity contribution in [2.45, 2.75) is 19.3 Å². The van der Waals surface area contributed by atoms with Crippen LogP contribution < -0.4 is 10.5 Å². The number of nitrogens with one attached hydrogen (secondary N) is 1. The number of hydrogen-bond donors (Lipinski definition) is 2. The summed E-state index contributed by atoms with van der Waals surface area (Å²) in [6.45, 7) is 0.195. The highest BCUT2D eigenvalue weighted by molar-refractivity contribution is 8.06. The molecule has 0 rings (SSSR count). The lowest BCUT2D eigenvalue weighted by atomic mass is 10.2. The van der Waals surface area contributed by atoms with E-state index in [1.165, 1.54) is 0 Å². The lowest BCUT2D eigenvalue weighted by Crippen LogP contribution is -2.30. The number of rotatable bonds is 8. The highest BCUT2D eigenvalue weighted by Gasteiger charge is 2.16. The summed E-state index contributed by atoms with van der Waals surface area (Å²) in [7, 11) is -7.27. The molecule has 6 nitrogen and oxygen atoms in total. The van der Waals surface area contributed by atoms with Gasteiger partial charge in [-0.15, -0.1) is 0 Å². The lowest BCUT2D eigenvalue weighted by Gasteiger charge is -2.05. The molecule has 9 heteroatoms. The molecular formula is C7H16N2O4S3. The number of thiocarbonyl (C=S) groups is 1. The summed E-state index contributed by atoms with van der Waals surface area (Å²) >= 11 is 4.65. The third-order valence-corrected chi connectivity index (χ3v) is 5.34. The van der Waals surface area contributed by atoms with Crippen LogP contribution in [0.15, 0.2) is 0 Å². The van der Waals surface area contributed by atoms with E-state index in [0.717, 1.165) is 6.26 Å². The minimum Gasteiger partial charge on any atom is -0.393 e. The molecule has 0 heterocycles. The number of nitrogens with two attached hydrogens (primary N) is 1. The van der Waals surface area contributed by atoms with Crippen LogP contribution in [0.2, 0.25) is 0 Å². The Hall–Kier alpha value is -0.250. The van der Waals surface area contributed by atoms with Gasteiger partial charge in [-0.25, -0.2) is 21.6 Å². The number of hydrogen-bond acceptors (Lipinski definition) is 5. The van der Waals surface area contributed by atoms with Crippen LogP contribution in [0.3, 0.4) is 0 Å². The molecule has 0 saturated heterocycles. The van der Waals surface area contributed by atoms with Gasteiger partial charge in [0.2, 0.25) is 10.0 Å². The van der Waals surface area contributed by atoms with Crippen LogP contribution in [0.5, 0.6) is 0 Å². The van der Waals surface area contributed by atoms with Gasteiger partial charge in [0.05, 0.1) is 4.99 Å². The maximum absolute atomic E-state index is 11.2. The Morgan fingerprint density at radius 1 is 1.25 bits per heavy atom. The molecule has 0 amide bonds. The third kappa shape index (κ3) is 10.3. The van der Waals surface area contributed by atoms with Crippen LogP contribution in [0, 0.1) is 0 Å². The second-order valence-electron chi connectivity index (χ2n) is 3.48. The van der Waals surface area contributed by atoms with Crippen molar-refractivity contribution in [3.63, 3.8) is 0 Å². The SMILES string of the molecule is CS(=O)(=O)CS(=O)(=O)NCCCCC(N)=S. The molecular weight excluding hydrogens is 272 g/mol. The van der Waals surface area contributed by atoms with Crippen LogP contribution >= 0.6 is 12.2 Å². The van der Waals surface area contributed by atoms with Gasteiger partial charge in [0, 0.05) is 12.8 Å². The van der Waals surface area contributed by atoms with Crippen molar-refractivity contribution >= 4 is 37.1 Å². The number of sulfone groups is 1. The molecule has 0 atom stereocenters.